The fourth-order valence-corrected chi connectivity index (χ4v) is 5.68. The minimum absolute atomic E-state index is 0.183. The van der Waals surface area contributed by atoms with Crippen LogP contribution in [0.3, 0.4) is 0 Å². The maximum absolute atomic E-state index is 12.7. The number of imidazole rings is 1. The molecule has 3 aromatic rings. The standard InChI is InChI=1S/C23H32N5O7PSi/c1-23(2,3)37(4,5)35-18-17(34-36(31)32)15(11-29)33-22(18)28-13-26-16-19(24-12-25-20(16)28)27-21(30)14-9-7-6-8-10-14/h6-10,12-13,15,17-18,22,29,36H,11H2,1-5H3,(H,31,32)(H,24,25,27,30). The highest BCUT2D eigenvalue weighted by molar-refractivity contribution is 7.32. The summed E-state index contributed by atoms with van der Waals surface area (Å²) in [6.07, 6.45) is -0.870. The van der Waals surface area contributed by atoms with Crippen molar-refractivity contribution in [2.45, 2.75) is 63.4 Å². The number of aliphatic hydroxyl groups excluding tert-OH is 1. The second-order valence-corrected chi connectivity index (χ2v) is 15.8. The number of carbonyl (C=O) groups is 1. The molecule has 0 radical (unpaired) electrons. The first-order chi connectivity index (χ1) is 17.4. The van der Waals surface area contributed by atoms with Crippen LogP contribution in [0.5, 0.6) is 0 Å². The smallest absolute Gasteiger partial charge is 0.317 e. The molecular weight excluding hydrogens is 517 g/mol. The van der Waals surface area contributed by atoms with E-state index in [1.54, 1.807) is 28.8 Å². The highest BCUT2D eigenvalue weighted by atomic mass is 31.1. The molecule has 1 aliphatic rings. The Hall–Kier alpha value is -2.51. The number of carbonyl (C=O) groups excluding carboxylic acids is 1. The molecule has 12 nitrogen and oxygen atoms in total. The second-order valence-electron chi connectivity index (χ2n) is 10.3. The van der Waals surface area contributed by atoms with Gasteiger partial charge >= 0.3 is 8.25 Å². The van der Waals surface area contributed by atoms with E-state index >= 15 is 0 Å². The number of aromatic nitrogens is 4. The van der Waals surface area contributed by atoms with Crippen molar-refractivity contribution in [1.82, 2.24) is 19.5 Å². The molecule has 200 valence electrons. The topological polar surface area (TPSA) is 158 Å². The van der Waals surface area contributed by atoms with Gasteiger partial charge in [-0.3, -0.25) is 13.9 Å². The third-order valence-corrected chi connectivity index (χ3v) is 11.8. The molecule has 1 saturated heterocycles. The van der Waals surface area contributed by atoms with Gasteiger partial charge in [-0.05, 0) is 30.3 Å². The van der Waals surface area contributed by atoms with E-state index in [1.165, 1.54) is 12.7 Å². The number of nitrogens with zero attached hydrogens (tertiary/aromatic N) is 4. The summed E-state index contributed by atoms with van der Waals surface area (Å²) in [5.74, 6) is -0.141. The van der Waals surface area contributed by atoms with Crippen LogP contribution >= 0.6 is 8.25 Å². The van der Waals surface area contributed by atoms with Crippen molar-refractivity contribution < 1.29 is 33.0 Å². The summed E-state index contributed by atoms with van der Waals surface area (Å²) in [5.41, 5.74) is 1.13. The quantitative estimate of drug-likeness (QED) is 0.282. The van der Waals surface area contributed by atoms with E-state index in [0.29, 0.717) is 16.7 Å². The fraction of sp³-hybridized carbons (Fsp3) is 0.478. The van der Waals surface area contributed by atoms with Crippen LogP contribution in [-0.2, 0) is 18.3 Å². The van der Waals surface area contributed by atoms with Crippen LogP contribution < -0.4 is 5.32 Å². The molecule has 0 bridgehead atoms. The molecule has 0 spiro atoms. The molecular formula is C23H32N5O7PSi. The minimum Gasteiger partial charge on any atom is -0.407 e. The zero-order chi connectivity index (χ0) is 27.0. The van der Waals surface area contributed by atoms with Crippen LogP contribution in [0.2, 0.25) is 18.1 Å². The maximum Gasteiger partial charge on any atom is 0.317 e. The Balaban J connectivity index is 1.72. The first kappa shape index (κ1) is 27.5. The molecule has 1 aromatic carbocycles. The molecule has 14 heteroatoms. The van der Waals surface area contributed by atoms with E-state index in [0.717, 1.165) is 0 Å². The van der Waals surface area contributed by atoms with Crippen LogP contribution in [0.1, 0.15) is 37.4 Å². The highest BCUT2D eigenvalue weighted by Crippen LogP contribution is 2.44. The van der Waals surface area contributed by atoms with Crippen LogP contribution in [0.25, 0.3) is 11.2 Å². The lowest BCUT2D eigenvalue weighted by Gasteiger charge is -2.40. The Morgan fingerprint density at radius 3 is 2.51 bits per heavy atom. The van der Waals surface area contributed by atoms with Crippen molar-refractivity contribution in [3.8, 4) is 0 Å². The Kier molecular flexibility index (Phi) is 7.95. The molecule has 4 rings (SSSR count). The molecule has 37 heavy (non-hydrogen) atoms. The van der Waals surface area contributed by atoms with Crippen molar-refractivity contribution in [1.29, 1.82) is 0 Å². The number of hydrogen-bond acceptors (Lipinski definition) is 9. The molecule has 5 unspecified atom stereocenters. The van der Waals surface area contributed by atoms with Gasteiger partial charge in [-0.15, -0.1) is 0 Å². The summed E-state index contributed by atoms with van der Waals surface area (Å²) < 4.78 is 31.4. The molecule has 3 heterocycles. The van der Waals surface area contributed by atoms with Gasteiger partial charge < -0.3 is 29.0 Å². The van der Waals surface area contributed by atoms with Gasteiger partial charge in [-0.1, -0.05) is 39.0 Å². The Bertz CT molecular complexity index is 1280. The van der Waals surface area contributed by atoms with Crippen LogP contribution in [-0.4, -0.2) is 68.7 Å². The molecule has 1 aliphatic heterocycles. The van der Waals surface area contributed by atoms with Gasteiger partial charge in [0.05, 0.1) is 12.9 Å². The van der Waals surface area contributed by atoms with E-state index in [2.05, 4.69) is 41.0 Å². The van der Waals surface area contributed by atoms with E-state index in [9.17, 15) is 19.4 Å². The number of rotatable bonds is 8. The molecule has 2 aromatic heterocycles. The normalized spacial score (nSPS) is 23.3. The lowest BCUT2D eigenvalue weighted by molar-refractivity contribution is -0.0487. The largest absolute Gasteiger partial charge is 0.407 e. The van der Waals surface area contributed by atoms with Crippen LogP contribution in [0.15, 0.2) is 43.0 Å². The zero-order valence-electron chi connectivity index (χ0n) is 21.3. The SMILES string of the molecule is CC(C)(C)[Si](C)(C)OC1C(O[PH](=O)O)C(CO)OC1n1cnc2c(NC(=O)c3ccccc3)ncnc21. The van der Waals surface area contributed by atoms with E-state index in [4.69, 9.17) is 13.7 Å². The average molecular weight is 550 g/mol. The average Bonchev–Trinajstić information content (AvgIpc) is 3.40. The summed E-state index contributed by atoms with van der Waals surface area (Å²) in [7, 11) is -5.80. The maximum atomic E-state index is 12.7. The van der Waals surface area contributed by atoms with Crippen molar-refractivity contribution in [2.24, 2.45) is 0 Å². The first-order valence-electron chi connectivity index (χ1n) is 11.8. The van der Waals surface area contributed by atoms with Crippen molar-refractivity contribution in [3.05, 3.63) is 48.5 Å². The summed E-state index contributed by atoms with van der Waals surface area (Å²) >= 11 is 0. The van der Waals surface area contributed by atoms with Gasteiger partial charge in [0.15, 0.2) is 31.5 Å². The van der Waals surface area contributed by atoms with Gasteiger partial charge in [-0.25, -0.2) is 15.0 Å². The lowest BCUT2D eigenvalue weighted by atomic mass is 10.1. The summed E-state index contributed by atoms with van der Waals surface area (Å²) in [6, 6.07) is 8.70. The third kappa shape index (κ3) is 5.67. The molecule has 1 fully saturated rings. The van der Waals surface area contributed by atoms with Gasteiger partial charge in [0.1, 0.15) is 24.6 Å². The van der Waals surface area contributed by atoms with Crippen molar-refractivity contribution >= 4 is 39.5 Å². The monoisotopic (exact) mass is 549 g/mol. The Morgan fingerprint density at radius 1 is 1.19 bits per heavy atom. The Labute approximate surface area is 216 Å². The summed E-state index contributed by atoms with van der Waals surface area (Å²) in [6.45, 7) is 9.84. The van der Waals surface area contributed by atoms with Crippen LogP contribution in [0, 0.1) is 0 Å². The number of aliphatic hydroxyl groups is 1. The zero-order valence-corrected chi connectivity index (χ0v) is 23.3. The number of hydrogen-bond donors (Lipinski definition) is 3. The number of anilines is 1. The number of amides is 1. The van der Waals surface area contributed by atoms with Gasteiger partial charge in [0.25, 0.3) is 5.91 Å². The van der Waals surface area contributed by atoms with Crippen molar-refractivity contribution in [2.75, 3.05) is 11.9 Å². The van der Waals surface area contributed by atoms with Gasteiger partial charge in [0, 0.05) is 5.56 Å². The molecule has 3 N–H and O–H groups in total. The number of fused-ring (bicyclic) bond motifs is 1. The molecule has 1 amide bonds. The number of ether oxygens (including phenoxy) is 1. The summed E-state index contributed by atoms with van der Waals surface area (Å²) in [4.78, 5) is 35.2. The molecule has 0 saturated carbocycles. The van der Waals surface area contributed by atoms with Crippen molar-refractivity contribution in [3.63, 3.8) is 0 Å². The van der Waals surface area contributed by atoms with E-state index < -0.39 is 47.7 Å². The molecule has 5 atom stereocenters. The minimum atomic E-state index is -3.37. The number of nitrogens with one attached hydrogen (secondary N) is 1. The second kappa shape index (κ2) is 10.7. The highest BCUT2D eigenvalue weighted by Gasteiger charge is 2.52. The summed E-state index contributed by atoms with van der Waals surface area (Å²) in [5, 5.41) is 12.6. The van der Waals surface area contributed by atoms with E-state index in [-0.39, 0.29) is 16.8 Å². The third-order valence-electron chi connectivity index (χ3n) is 6.84. The van der Waals surface area contributed by atoms with Crippen LogP contribution in [0.4, 0.5) is 5.82 Å². The van der Waals surface area contributed by atoms with Gasteiger partial charge in [0.2, 0.25) is 0 Å². The number of benzene rings is 1. The van der Waals surface area contributed by atoms with E-state index in [1.807, 2.05) is 19.2 Å². The predicted molar refractivity (Wildman–Crippen MR) is 139 cm³/mol. The fourth-order valence-electron chi connectivity index (χ4n) is 3.88. The first-order valence-corrected chi connectivity index (χ1v) is 16.0. The van der Waals surface area contributed by atoms with Gasteiger partial charge in [-0.2, -0.15) is 0 Å². The predicted octanol–water partition coefficient (Wildman–Crippen LogP) is 3.13. The molecule has 0 aliphatic carbocycles. The lowest BCUT2D eigenvalue weighted by Crippen LogP contribution is -2.49. The Morgan fingerprint density at radius 2 is 1.89 bits per heavy atom.